The molecule has 1 unspecified atom stereocenters. The van der Waals surface area contributed by atoms with Crippen LogP contribution in [-0.4, -0.2) is 69.5 Å². The number of rotatable bonds is 10. The zero-order valence-electron chi connectivity index (χ0n) is 17.0. The Morgan fingerprint density at radius 2 is 2.36 bits per heavy atom. The zero-order valence-corrected chi connectivity index (χ0v) is 20.1. The van der Waals surface area contributed by atoms with Crippen LogP contribution in [0.25, 0.3) is 0 Å². The third kappa shape index (κ3) is 8.14. The summed E-state index contributed by atoms with van der Waals surface area (Å²) in [7, 11) is 0. The van der Waals surface area contributed by atoms with Crippen molar-refractivity contribution < 1.29 is 9.47 Å². The summed E-state index contributed by atoms with van der Waals surface area (Å²) in [4.78, 5) is 8.74. The van der Waals surface area contributed by atoms with E-state index in [1.165, 1.54) is 18.4 Å². The van der Waals surface area contributed by atoms with Crippen molar-refractivity contribution in [2.24, 2.45) is 4.99 Å². The molecule has 28 heavy (non-hydrogen) atoms. The van der Waals surface area contributed by atoms with Crippen LogP contribution in [0.5, 0.6) is 0 Å². The van der Waals surface area contributed by atoms with Crippen molar-refractivity contribution >= 4 is 41.3 Å². The fraction of sp³-hybridized carbons (Fsp3) is 0.750. The third-order valence-corrected chi connectivity index (χ3v) is 6.02. The Labute approximate surface area is 190 Å². The van der Waals surface area contributed by atoms with E-state index in [1.54, 1.807) is 4.88 Å². The van der Waals surface area contributed by atoms with Gasteiger partial charge >= 0.3 is 0 Å². The number of thiophene rings is 1. The molecule has 2 aliphatic rings. The SMILES string of the molecule is CCNC(=NCCCOCC1CCCO1)NCCN1CCc2sccc2C1.I. The summed E-state index contributed by atoms with van der Waals surface area (Å²) in [5, 5.41) is 9.00. The van der Waals surface area contributed by atoms with E-state index in [0.717, 1.165) is 77.9 Å². The largest absolute Gasteiger partial charge is 0.379 e. The molecule has 1 atom stereocenters. The molecule has 2 aliphatic heterocycles. The second-order valence-electron chi connectivity index (χ2n) is 7.15. The average molecular weight is 522 g/mol. The Kier molecular flexibility index (Phi) is 11.7. The summed E-state index contributed by atoms with van der Waals surface area (Å²) in [6.07, 6.45) is 4.75. The Morgan fingerprint density at radius 1 is 1.43 bits per heavy atom. The van der Waals surface area contributed by atoms with E-state index < -0.39 is 0 Å². The first-order chi connectivity index (χ1) is 13.3. The number of nitrogens with one attached hydrogen (secondary N) is 2. The van der Waals surface area contributed by atoms with E-state index in [-0.39, 0.29) is 24.0 Å². The number of ether oxygens (including phenoxy) is 2. The van der Waals surface area contributed by atoms with Gasteiger partial charge in [-0.05, 0) is 49.6 Å². The highest BCUT2D eigenvalue weighted by atomic mass is 127. The molecule has 6 nitrogen and oxygen atoms in total. The number of hydrogen-bond acceptors (Lipinski definition) is 5. The second kappa shape index (κ2) is 13.7. The summed E-state index contributed by atoms with van der Waals surface area (Å²) in [5.41, 5.74) is 1.51. The standard InChI is InChI=1S/C20H34N4O2S.HI/c1-2-21-20(22-8-4-12-25-16-18-5-3-13-26-18)23-9-11-24-10-6-19-17(15-24)7-14-27-19;/h7,14,18H,2-6,8-13,15-16H2,1H3,(H2,21,22,23);1H. The minimum atomic E-state index is 0. The highest BCUT2D eigenvalue weighted by Gasteiger charge is 2.16. The highest BCUT2D eigenvalue weighted by molar-refractivity contribution is 14.0. The first kappa shape index (κ1) is 23.9. The van der Waals surface area contributed by atoms with E-state index >= 15 is 0 Å². The molecule has 0 spiro atoms. The van der Waals surface area contributed by atoms with Gasteiger partial charge in [0.05, 0.1) is 12.7 Å². The van der Waals surface area contributed by atoms with Gasteiger partial charge in [-0.1, -0.05) is 0 Å². The Morgan fingerprint density at radius 3 is 3.18 bits per heavy atom. The lowest BCUT2D eigenvalue weighted by Crippen LogP contribution is -2.42. The van der Waals surface area contributed by atoms with Crippen LogP contribution in [-0.2, 0) is 22.4 Å². The number of nitrogens with zero attached hydrogens (tertiary/aromatic N) is 2. The van der Waals surface area contributed by atoms with Crippen molar-refractivity contribution in [1.82, 2.24) is 15.5 Å². The Balaban J connectivity index is 0.00000280. The van der Waals surface area contributed by atoms with Gasteiger partial charge in [0.15, 0.2) is 5.96 Å². The maximum Gasteiger partial charge on any atom is 0.191 e. The predicted molar refractivity (Wildman–Crippen MR) is 127 cm³/mol. The van der Waals surface area contributed by atoms with E-state index in [4.69, 9.17) is 9.47 Å². The summed E-state index contributed by atoms with van der Waals surface area (Å²) in [5.74, 6) is 0.907. The molecule has 0 saturated carbocycles. The first-order valence-electron chi connectivity index (χ1n) is 10.3. The van der Waals surface area contributed by atoms with Crippen molar-refractivity contribution in [3.8, 4) is 0 Å². The number of hydrogen-bond donors (Lipinski definition) is 2. The summed E-state index contributed by atoms with van der Waals surface area (Å²) < 4.78 is 11.3. The van der Waals surface area contributed by atoms with E-state index in [9.17, 15) is 0 Å². The molecule has 3 heterocycles. The minimum absolute atomic E-state index is 0. The third-order valence-electron chi connectivity index (χ3n) is 5.00. The van der Waals surface area contributed by atoms with Gasteiger partial charge in [-0.3, -0.25) is 9.89 Å². The monoisotopic (exact) mass is 522 g/mol. The molecular formula is C20H35IN4O2S. The van der Waals surface area contributed by atoms with Gasteiger partial charge in [-0.15, -0.1) is 35.3 Å². The van der Waals surface area contributed by atoms with Gasteiger partial charge in [-0.2, -0.15) is 0 Å². The molecule has 1 saturated heterocycles. The molecule has 0 radical (unpaired) electrons. The zero-order chi connectivity index (χ0) is 18.7. The molecule has 1 aromatic heterocycles. The van der Waals surface area contributed by atoms with Gasteiger partial charge in [-0.25, -0.2) is 0 Å². The van der Waals surface area contributed by atoms with Gasteiger partial charge in [0, 0.05) is 57.4 Å². The topological polar surface area (TPSA) is 58.1 Å². The van der Waals surface area contributed by atoms with E-state index in [2.05, 4.69) is 38.9 Å². The number of halogens is 1. The molecule has 3 rings (SSSR count). The predicted octanol–water partition coefficient (Wildman–Crippen LogP) is 2.87. The van der Waals surface area contributed by atoms with E-state index in [0.29, 0.717) is 6.10 Å². The summed E-state index contributed by atoms with van der Waals surface area (Å²) >= 11 is 1.90. The Bertz CT molecular complexity index is 578. The lowest BCUT2D eigenvalue weighted by molar-refractivity contribution is 0.0171. The van der Waals surface area contributed by atoms with Crippen molar-refractivity contribution in [2.45, 2.75) is 45.3 Å². The lowest BCUT2D eigenvalue weighted by Gasteiger charge is -2.27. The smallest absolute Gasteiger partial charge is 0.191 e. The summed E-state index contributed by atoms with van der Waals surface area (Å²) in [6.45, 7) is 10.3. The molecular weight excluding hydrogens is 487 g/mol. The fourth-order valence-electron chi connectivity index (χ4n) is 3.52. The van der Waals surface area contributed by atoms with Crippen LogP contribution in [0.1, 0.15) is 36.6 Å². The molecule has 1 fully saturated rings. The van der Waals surface area contributed by atoms with Crippen LogP contribution in [0.4, 0.5) is 0 Å². The average Bonchev–Trinajstić information content (AvgIpc) is 3.35. The van der Waals surface area contributed by atoms with Gasteiger partial charge < -0.3 is 20.1 Å². The van der Waals surface area contributed by atoms with Crippen LogP contribution in [0.2, 0.25) is 0 Å². The molecule has 1 aromatic rings. The van der Waals surface area contributed by atoms with Crippen LogP contribution in [0.15, 0.2) is 16.4 Å². The maximum atomic E-state index is 5.70. The second-order valence-corrected chi connectivity index (χ2v) is 8.15. The minimum Gasteiger partial charge on any atom is -0.379 e. The van der Waals surface area contributed by atoms with Gasteiger partial charge in [0.1, 0.15) is 0 Å². The molecule has 8 heteroatoms. The molecule has 160 valence electrons. The molecule has 0 amide bonds. The first-order valence-corrected chi connectivity index (χ1v) is 11.2. The molecule has 0 aromatic carbocycles. The summed E-state index contributed by atoms with van der Waals surface area (Å²) in [6, 6.07) is 2.27. The van der Waals surface area contributed by atoms with Crippen molar-refractivity contribution in [3.63, 3.8) is 0 Å². The van der Waals surface area contributed by atoms with Crippen LogP contribution < -0.4 is 10.6 Å². The van der Waals surface area contributed by atoms with Crippen LogP contribution in [0, 0.1) is 0 Å². The molecule has 0 aliphatic carbocycles. The number of fused-ring (bicyclic) bond motifs is 1. The van der Waals surface area contributed by atoms with Crippen molar-refractivity contribution in [3.05, 3.63) is 21.9 Å². The fourth-order valence-corrected chi connectivity index (χ4v) is 4.41. The highest BCUT2D eigenvalue weighted by Crippen LogP contribution is 2.23. The number of aliphatic imine (C=N–C) groups is 1. The van der Waals surface area contributed by atoms with Crippen molar-refractivity contribution in [1.29, 1.82) is 0 Å². The maximum absolute atomic E-state index is 5.70. The molecule has 0 bridgehead atoms. The van der Waals surface area contributed by atoms with Crippen LogP contribution >= 0.6 is 35.3 Å². The quantitative estimate of drug-likeness (QED) is 0.214. The van der Waals surface area contributed by atoms with Gasteiger partial charge in [0.25, 0.3) is 0 Å². The van der Waals surface area contributed by atoms with Crippen molar-refractivity contribution in [2.75, 3.05) is 52.5 Å². The van der Waals surface area contributed by atoms with E-state index in [1.807, 2.05) is 11.3 Å². The van der Waals surface area contributed by atoms with Gasteiger partial charge in [0.2, 0.25) is 0 Å². The molecule has 2 N–H and O–H groups in total. The van der Waals surface area contributed by atoms with Crippen LogP contribution in [0.3, 0.4) is 0 Å². The normalized spacial score (nSPS) is 19.9. The Hall–Kier alpha value is -0.420. The lowest BCUT2D eigenvalue weighted by atomic mass is 10.1. The number of guanidine groups is 1.